The predicted molar refractivity (Wildman–Crippen MR) is 89.9 cm³/mol. The largest absolute Gasteiger partial charge is 0.370 e. The third-order valence-electron chi connectivity index (χ3n) is 3.96. The molecule has 1 saturated carbocycles. The molecule has 1 heterocycles. The van der Waals surface area contributed by atoms with Gasteiger partial charge in [-0.3, -0.25) is 0 Å². The molecule has 4 nitrogen and oxygen atoms in total. The Hall–Kier alpha value is -1.32. The highest BCUT2D eigenvalue weighted by Crippen LogP contribution is 2.34. The lowest BCUT2D eigenvalue weighted by Crippen LogP contribution is -2.20. The van der Waals surface area contributed by atoms with Gasteiger partial charge in [0.2, 0.25) is 0 Å². The second kappa shape index (κ2) is 8.20. The summed E-state index contributed by atoms with van der Waals surface area (Å²) in [6.45, 7) is 7.55. The Balaban J connectivity index is 2.05. The van der Waals surface area contributed by atoms with Gasteiger partial charge < -0.3 is 10.6 Å². The van der Waals surface area contributed by atoms with Gasteiger partial charge in [0.25, 0.3) is 0 Å². The maximum atomic E-state index is 4.68. The highest BCUT2D eigenvalue weighted by atomic mass is 15.1. The van der Waals surface area contributed by atoms with Gasteiger partial charge in [-0.25, -0.2) is 9.97 Å². The van der Waals surface area contributed by atoms with Crippen LogP contribution in [-0.2, 0) is 6.42 Å². The average molecular weight is 290 g/mol. The number of rotatable bonds is 10. The minimum atomic E-state index is 0.543. The number of nitrogens with one attached hydrogen (secondary N) is 2. The molecule has 118 valence electrons. The van der Waals surface area contributed by atoms with Gasteiger partial charge in [0.1, 0.15) is 17.5 Å². The van der Waals surface area contributed by atoms with Crippen molar-refractivity contribution in [1.29, 1.82) is 0 Å². The first-order chi connectivity index (χ1) is 10.2. The fourth-order valence-corrected chi connectivity index (χ4v) is 2.54. The summed E-state index contributed by atoms with van der Waals surface area (Å²) < 4.78 is 0. The molecule has 0 bridgehead atoms. The van der Waals surface area contributed by atoms with E-state index in [0.29, 0.717) is 6.04 Å². The number of hydrogen-bond donors (Lipinski definition) is 2. The van der Waals surface area contributed by atoms with Crippen molar-refractivity contribution < 1.29 is 0 Å². The van der Waals surface area contributed by atoms with Gasteiger partial charge in [0, 0.05) is 25.1 Å². The second-order valence-corrected chi connectivity index (χ2v) is 6.16. The molecule has 2 rings (SSSR count). The fraction of sp³-hybridized carbons (Fsp3) is 0.765. The summed E-state index contributed by atoms with van der Waals surface area (Å²) >= 11 is 0. The van der Waals surface area contributed by atoms with E-state index < -0.39 is 0 Å². The van der Waals surface area contributed by atoms with Crippen LogP contribution >= 0.6 is 0 Å². The van der Waals surface area contributed by atoms with E-state index in [4.69, 9.17) is 0 Å². The van der Waals surface area contributed by atoms with E-state index in [-0.39, 0.29) is 0 Å². The molecule has 1 aliphatic rings. The lowest BCUT2D eigenvalue weighted by atomic mass is 10.1. The zero-order valence-corrected chi connectivity index (χ0v) is 13.8. The van der Waals surface area contributed by atoms with E-state index >= 15 is 0 Å². The zero-order valence-electron chi connectivity index (χ0n) is 13.8. The van der Waals surface area contributed by atoms with Crippen LogP contribution in [0.3, 0.4) is 0 Å². The van der Waals surface area contributed by atoms with Gasteiger partial charge in [-0.1, -0.05) is 33.6 Å². The standard InChI is InChI=1S/C17H30N4/c1-4-7-15-20-16(18-10-5-2)12-17(21-15)19-14(6-3)11-13-8-9-13/h12-14H,4-11H2,1-3H3,(H2,18,19,20,21). The van der Waals surface area contributed by atoms with Crippen LogP contribution in [0.2, 0.25) is 0 Å². The van der Waals surface area contributed by atoms with E-state index in [1.54, 1.807) is 0 Å². The van der Waals surface area contributed by atoms with Crippen molar-refractivity contribution in [2.75, 3.05) is 17.2 Å². The monoisotopic (exact) mass is 290 g/mol. The van der Waals surface area contributed by atoms with Gasteiger partial charge >= 0.3 is 0 Å². The lowest BCUT2D eigenvalue weighted by molar-refractivity contribution is 0.584. The van der Waals surface area contributed by atoms with Crippen LogP contribution < -0.4 is 10.6 Å². The average Bonchev–Trinajstić information content (AvgIpc) is 3.28. The Kier molecular flexibility index (Phi) is 6.27. The molecule has 0 spiro atoms. The van der Waals surface area contributed by atoms with Crippen molar-refractivity contribution >= 4 is 11.6 Å². The van der Waals surface area contributed by atoms with E-state index in [1.807, 2.05) is 0 Å². The topological polar surface area (TPSA) is 49.8 Å². The summed E-state index contributed by atoms with van der Waals surface area (Å²) in [5, 5.41) is 7.01. The number of anilines is 2. The third kappa shape index (κ3) is 5.52. The number of nitrogens with zero attached hydrogens (tertiary/aromatic N) is 2. The van der Waals surface area contributed by atoms with Crippen LogP contribution in [0, 0.1) is 5.92 Å². The molecular weight excluding hydrogens is 260 g/mol. The van der Waals surface area contributed by atoms with Crippen LogP contribution in [0.25, 0.3) is 0 Å². The highest BCUT2D eigenvalue weighted by Gasteiger charge is 2.24. The van der Waals surface area contributed by atoms with Crippen molar-refractivity contribution in [3.8, 4) is 0 Å². The smallest absolute Gasteiger partial charge is 0.133 e. The maximum absolute atomic E-state index is 4.68. The molecule has 2 N–H and O–H groups in total. The van der Waals surface area contributed by atoms with Crippen molar-refractivity contribution in [3.63, 3.8) is 0 Å². The first-order valence-electron chi connectivity index (χ1n) is 8.63. The molecule has 0 aliphatic heterocycles. The highest BCUT2D eigenvalue weighted by molar-refractivity contribution is 5.48. The second-order valence-electron chi connectivity index (χ2n) is 6.16. The lowest BCUT2D eigenvalue weighted by Gasteiger charge is -2.18. The van der Waals surface area contributed by atoms with Crippen molar-refractivity contribution in [2.45, 2.75) is 71.8 Å². The zero-order chi connectivity index (χ0) is 15.1. The molecule has 0 aromatic carbocycles. The Labute approximate surface area is 129 Å². The Morgan fingerprint density at radius 2 is 1.90 bits per heavy atom. The van der Waals surface area contributed by atoms with E-state index in [9.17, 15) is 0 Å². The minimum absolute atomic E-state index is 0.543. The SMILES string of the molecule is CCCNc1cc(NC(CC)CC2CC2)nc(CCC)n1. The van der Waals surface area contributed by atoms with E-state index in [2.05, 4.69) is 47.4 Å². The molecule has 0 saturated heterocycles. The summed E-state index contributed by atoms with van der Waals surface area (Å²) in [7, 11) is 0. The van der Waals surface area contributed by atoms with Gasteiger partial charge in [-0.15, -0.1) is 0 Å². The van der Waals surface area contributed by atoms with Crippen LogP contribution in [0.15, 0.2) is 6.07 Å². The maximum Gasteiger partial charge on any atom is 0.133 e. The Bertz CT molecular complexity index is 429. The van der Waals surface area contributed by atoms with E-state index in [0.717, 1.165) is 55.6 Å². The third-order valence-corrected chi connectivity index (χ3v) is 3.96. The minimum Gasteiger partial charge on any atom is -0.370 e. The Morgan fingerprint density at radius 1 is 1.14 bits per heavy atom. The van der Waals surface area contributed by atoms with Gasteiger partial charge in [-0.05, 0) is 31.6 Å². The molecule has 0 radical (unpaired) electrons. The fourth-order valence-electron chi connectivity index (χ4n) is 2.54. The summed E-state index contributed by atoms with van der Waals surface area (Å²) in [6.07, 6.45) is 8.38. The molecule has 1 aromatic heterocycles. The normalized spacial score (nSPS) is 15.8. The summed E-state index contributed by atoms with van der Waals surface area (Å²) in [6, 6.07) is 2.60. The summed E-state index contributed by atoms with van der Waals surface area (Å²) in [5.74, 6) is 3.83. The molecule has 0 amide bonds. The molecule has 1 atom stereocenters. The molecule has 1 unspecified atom stereocenters. The van der Waals surface area contributed by atoms with Crippen LogP contribution in [0.4, 0.5) is 11.6 Å². The van der Waals surface area contributed by atoms with Crippen molar-refractivity contribution in [2.24, 2.45) is 5.92 Å². The van der Waals surface area contributed by atoms with Crippen LogP contribution in [0.5, 0.6) is 0 Å². The summed E-state index contributed by atoms with van der Waals surface area (Å²) in [4.78, 5) is 9.29. The van der Waals surface area contributed by atoms with Gasteiger partial charge in [-0.2, -0.15) is 0 Å². The molecule has 1 aromatic rings. The predicted octanol–water partition coefficient (Wildman–Crippen LogP) is 4.24. The van der Waals surface area contributed by atoms with Crippen LogP contribution in [-0.4, -0.2) is 22.6 Å². The number of aryl methyl sites for hydroxylation is 1. The molecular formula is C17H30N4. The quantitative estimate of drug-likeness (QED) is 0.676. The molecule has 1 aliphatic carbocycles. The molecule has 1 fully saturated rings. The van der Waals surface area contributed by atoms with Crippen molar-refractivity contribution in [3.05, 3.63) is 11.9 Å². The van der Waals surface area contributed by atoms with E-state index in [1.165, 1.54) is 19.3 Å². The summed E-state index contributed by atoms with van der Waals surface area (Å²) in [5.41, 5.74) is 0. The van der Waals surface area contributed by atoms with Crippen molar-refractivity contribution in [1.82, 2.24) is 9.97 Å². The van der Waals surface area contributed by atoms with Gasteiger partial charge in [0.15, 0.2) is 0 Å². The Morgan fingerprint density at radius 3 is 2.52 bits per heavy atom. The van der Waals surface area contributed by atoms with Gasteiger partial charge in [0.05, 0.1) is 0 Å². The number of hydrogen-bond acceptors (Lipinski definition) is 4. The van der Waals surface area contributed by atoms with Crippen LogP contribution in [0.1, 0.15) is 65.1 Å². The first kappa shape index (κ1) is 16.1. The molecule has 21 heavy (non-hydrogen) atoms. The number of aromatic nitrogens is 2. The molecule has 4 heteroatoms. The first-order valence-corrected chi connectivity index (χ1v) is 8.63.